The molecule has 2 rings (SSSR count). The molecule has 4 heteroatoms. The van der Waals surface area contributed by atoms with Gasteiger partial charge in [0, 0.05) is 11.1 Å². The molecular weight excluding hydrogens is 284 g/mol. The Balaban J connectivity index is 1.89. The Kier molecular flexibility index (Phi) is 4.83. The topological polar surface area (TPSA) is 38.7 Å². The van der Waals surface area contributed by atoms with Crippen molar-refractivity contribution in [2.45, 2.75) is 32.0 Å². The van der Waals surface area contributed by atoms with E-state index in [9.17, 15) is 0 Å². The molecule has 1 fully saturated rings. The molecule has 1 aromatic carbocycles. The van der Waals surface area contributed by atoms with Crippen molar-refractivity contribution in [1.29, 1.82) is 0 Å². The summed E-state index contributed by atoms with van der Waals surface area (Å²) in [6.07, 6.45) is 3.66. The standard InChI is InChI=1S/C13H17BrO3/c14-13-5-4-11(7-10(13)8-15)17-9-12-3-1-2-6-16-12/h4-5,7,12,15H,1-3,6,8-9H2. The summed E-state index contributed by atoms with van der Waals surface area (Å²) in [5, 5.41) is 9.15. The predicted molar refractivity (Wildman–Crippen MR) is 69.2 cm³/mol. The third-order valence-corrected chi connectivity index (χ3v) is 3.67. The Hall–Kier alpha value is -0.580. The van der Waals surface area contributed by atoms with Gasteiger partial charge in [0.25, 0.3) is 0 Å². The SMILES string of the molecule is OCc1cc(OCC2CCCCO2)ccc1Br. The lowest BCUT2D eigenvalue weighted by molar-refractivity contribution is -0.0111. The number of halogens is 1. The predicted octanol–water partition coefficient (Wildman–Crippen LogP) is 2.89. The van der Waals surface area contributed by atoms with Crippen LogP contribution in [-0.4, -0.2) is 24.4 Å². The number of aliphatic hydroxyl groups excluding tert-OH is 1. The van der Waals surface area contributed by atoms with Crippen LogP contribution in [0.5, 0.6) is 5.75 Å². The first-order valence-corrected chi connectivity index (χ1v) is 6.72. The molecule has 1 N–H and O–H groups in total. The highest BCUT2D eigenvalue weighted by Gasteiger charge is 2.14. The second-order valence-corrected chi connectivity index (χ2v) is 5.07. The zero-order chi connectivity index (χ0) is 12.1. The van der Waals surface area contributed by atoms with Crippen LogP contribution in [0.3, 0.4) is 0 Å². The first kappa shape index (κ1) is 12.9. The van der Waals surface area contributed by atoms with Crippen LogP contribution in [0.15, 0.2) is 22.7 Å². The molecule has 94 valence electrons. The van der Waals surface area contributed by atoms with Crippen molar-refractivity contribution in [2.75, 3.05) is 13.2 Å². The quantitative estimate of drug-likeness (QED) is 0.929. The van der Waals surface area contributed by atoms with Gasteiger partial charge in [-0.3, -0.25) is 0 Å². The van der Waals surface area contributed by atoms with Crippen LogP contribution in [0.1, 0.15) is 24.8 Å². The van der Waals surface area contributed by atoms with Crippen LogP contribution in [0, 0.1) is 0 Å². The van der Waals surface area contributed by atoms with Gasteiger partial charge in [-0.05, 0) is 43.0 Å². The summed E-state index contributed by atoms with van der Waals surface area (Å²) in [5.74, 6) is 0.784. The van der Waals surface area contributed by atoms with E-state index in [4.69, 9.17) is 14.6 Å². The molecule has 0 radical (unpaired) electrons. The van der Waals surface area contributed by atoms with Gasteiger partial charge in [-0.25, -0.2) is 0 Å². The molecule has 1 aliphatic rings. The Labute approximate surface area is 110 Å². The maximum absolute atomic E-state index is 9.15. The number of hydrogen-bond acceptors (Lipinski definition) is 3. The van der Waals surface area contributed by atoms with E-state index in [1.807, 2.05) is 18.2 Å². The first-order valence-electron chi connectivity index (χ1n) is 5.93. The van der Waals surface area contributed by atoms with Gasteiger partial charge in [0.1, 0.15) is 12.4 Å². The minimum Gasteiger partial charge on any atom is -0.491 e. The van der Waals surface area contributed by atoms with E-state index in [0.717, 1.165) is 35.2 Å². The van der Waals surface area contributed by atoms with Crippen molar-refractivity contribution in [3.63, 3.8) is 0 Å². The van der Waals surface area contributed by atoms with Gasteiger partial charge < -0.3 is 14.6 Å². The summed E-state index contributed by atoms with van der Waals surface area (Å²) >= 11 is 3.38. The lowest BCUT2D eigenvalue weighted by Gasteiger charge is -2.22. The van der Waals surface area contributed by atoms with Gasteiger partial charge in [0.2, 0.25) is 0 Å². The van der Waals surface area contributed by atoms with Gasteiger partial charge in [-0.1, -0.05) is 15.9 Å². The van der Waals surface area contributed by atoms with Gasteiger partial charge in [0.05, 0.1) is 12.7 Å². The second-order valence-electron chi connectivity index (χ2n) is 4.21. The number of ether oxygens (including phenoxy) is 2. The smallest absolute Gasteiger partial charge is 0.119 e. The summed E-state index contributed by atoms with van der Waals surface area (Å²) in [6.45, 7) is 1.44. The Morgan fingerprint density at radius 3 is 3.00 bits per heavy atom. The van der Waals surface area contributed by atoms with Crippen LogP contribution in [0.25, 0.3) is 0 Å². The summed E-state index contributed by atoms with van der Waals surface area (Å²) in [6, 6.07) is 5.64. The summed E-state index contributed by atoms with van der Waals surface area (Å²) in [4.78, 5) is 0. The van der Waals surface area contributed by atoms with Crippen molar-refractivity contribution in [3.05, 3.63) is 28.2 Å². The molecule has 1 saturated heterocycles. The Bertz CT molecular complexity index is 362. The van der Waals surface area contributed by atoms with Gasteiger partial charge in [-0.15, -0.1) is 0 Å². The fourth-order valence-corrected chi connectivity index (χ4v) is 2.26. The van der Waals surface area contributed by atoms with Crippen LogP contribution < -0.4 is 4.74 Å². The third kappa shape index (κ3) is 3.69. The van der Waals surface area contributed by atoms with Crippen molar-refractivity contribution in [3.8, 4) is 5.75 Å². The van der Waals surface area contributed by atoms with Crippen LogP contribution in [0.2, 0.25) is 0 Å². The van der Waals surface area contributed by atoms with Crippen LogP contribution in [0.4, 0.5) is 0 Å². The van der Waals surface area contributed by atoms with Gasteiger partial charge >= 0.3 is 0 Å². The molecule has 3 nitrogen and oxygen atoms in total. The molecule has 0 saturated carbocycles. The third-order valence-electron chi connectivity index (χ3n) is 2.90. The number of aliphatic hydroxyl groups is 1. The van der Waals surface area contributed by atoms with Crippen molar-refractivity contribution < 1.29 is 14.6 Å². The first-order chi connectivity index (χ1) is 8.29. The highest BCUT2D eigenvalue weighted by atomic mass is 79.9. The molecule has 17 heavy (non-hydrogen) atoms. The average Bonchev–Trinajstić information content (AvgIpc) is 2.39. The zero-order valence-corrected chi connectivity index (χ0v) is 11.3. The Morgan fingerprint density at radius 1 is 1.41 bits per heavy atom. The lowest BCUT2D eigenvalue weighted by Crippen LogP contribution is -2.25. The summed E-state index contributed by atoms with van der Waals surface area (Å²) < 4.78 is 12.2. The summed E-state index contributed by atoms with van der Waals surface area (Å²) in [7, 11) is 0. The number of rotatable bonds is 4. The molecular formula is C13H17BrO3. The highest BCUT2D eigenvalue weighted by Crippen LogP contribution is 2.23. The van der Waals surface area contributed by atoms with E-state index in [-0.39, 0.29) is 12.7 Å². The van der Waals surface area contributed by atoms with E-state index in [1.165, 1.54) is 6.42 Å². The highest BCUT2D eigenvalue weighted by molar-refractivity contribution is 9.10. The lowest BCUT2D eigenvalue weighted by atomic mass is 10.1. The van der Waals surface area contributed by atoms with Crippen molar-refractivity contribution in [2.24, 2.45) is 0 Å². The van der Waals surface area contributed by atoms with E-state index >= 15 is 0 Å². The molecule has 1 aromatic rings. The number of hydrogen-bond donors (Lipinski definition) is 1. The van der Waals surface area contributed by atoms with Gasteiger partial charge in [-0.2, -0.15) is 0 Å². The maximum atomic E-state index is 9.15. The molecule has 0 bridgehead atoms. The minimum absolute atomic E-state index is 0.0116. The molecule has 0 amide bonds. The van der Waals surface area contributed by atoms with Crippen molar-refractivity contribution in [1.82, 2.24) is 0 Å². The average molecular weight is 301 g/mol. The molecule has 0 aliphatic carbocycles. The molecule has 0 spiro atoms. The largest absolute Gasteiger partial charge is 0.491 e. The van der Waals surface area contributed by atoms with Gasteiger partial charge in [0.15, 0.2) is 0 Å². The van der Waals surface area contributed by atoms with E-state index < -0.39 is 0 Å². The van der Waals surface area contributed by atoms with Crippen LogP contribution >= 0.6 is 15.9 Å². The van der Waals surface area contributed by atoms with Crippen LogP contribution in [-0.2, 0) is 11.3 Å². The number of benzene rings is 1. The Morgan fingerprint density at radius 2 is 2.29 bits per heavy atom. The molecule has 0 aromatic heterocycles. The zero-order valence-electron chi connectivity index (χ0n) is 9.69. The molecule has 1 atom stereocenters. The molecule has 1 unspecified atom stereocenters. The van der Waals surface area contributed by atoms with E-state index in [0.29, 0.717) is 6.61 Å². The van der Waals surface area contributed by atoms with E-state index in [1.54, 1.807) is 0 Å². The van der Waals surface area contributed by atoms with Crippen molar-refractivity contribution >= 4 is 15.9 Å². The fourth-order valence-electron chi connectivity index (χ4n) is 1.89. The molecule has 1 aliphatic heterocycles. The molecule has 1 heterocycles. The van der Waals surface area contributed by atoms with E-state index in [2.05, 4.69) is 15.9 Å². The maximum Gasteiger partial charge on any atom is 0.119 e. The normalized spacial score (nSPS) is 20.2. The fraction of sp³-hybridized carbons (Fsp3) is 0.538. The minimum atomic E-state index is 0.0116. The monoisotopic (exact) mass is 300 g/mol. The summed E-state index contributed by atoms with van der Waals surface area (Å²) in [5.41, 5.74) is 0.840. The second kappa shape index (κ2) is 6.38.